The number of aliphatic hydroxyl groups is 1. The summed E-state index contributed by atoms with van der Waals surface area (Å²) in [5, 5.41) is 9.98. The molecule has 3 N–H and O–H groups in total. The minimum absolute atomic E-state index is 0.0436. The molecule has 0 aliphatic carbocycles. The van der Waals surface area contributed by atoms with Crippen LogP contribution < -0.4 is 10.6 Å². The predicted molar refractivity (Wildman–Crippen MR) is 74.2 cm³/mol. The number of hydrogen-bond donors (Lipinski definition) is 2. The van der Waals surface area contributed by atoms with Crippen LogP contribution in [0.2, 0.25) is 0 Å². The average molecular weight is 299 g/mol. The van der Waals surface area contributed by atoms with Gasteiger partial charge in [0.25, 0.3) is 0 Å². The van der Waals surface area contributed by atoms with E-state index in [1.54, 1.807) is 0 Å². The summed E-state index contributed by atoms with van der Waals surface area (Å²) in [7, 11) is 0. The zero-order chi connectivity index (χ0) is 12.6. The Morgan fingerprint density at radius 1 is 1.53 bits per heavy atom. The maximum atomic E-state index is 9.98. The summed E-state index contributed by atoms with van der Waals surface area (Å²) < 4.78 is 1.05. The van der Waals surface area contributed by atoms with Gasteiger partial charge in [-0.15, -0.1) is 0 Å². The number of nitrogens with zero attached hydrogens (tertiary/aromatic N) is 1. The van der Waals surface area contributed by atoms with Gasteiger partial charge in [-0.25, -0.2) is 0 Å². The first-order valence-corrected chi connectivity index (χ1v) is 6.71. The summed E-state index contributed by atoms with van der Waals surface area (Å²) in [5.41, 5.74) is 7.53. The molecule has 1 fully saturated rings. The molecule has 4 heteroatoms. The standard InChI is InChI=1S/C13H19BrN2O/c1-9(15)10-3-4-12(11(14)7-10)16-6-5-13(2,17)8-16/h3-4,7,9,17H,5-6,8,15H2,1-2H3/t9-,13?/m1/s1. The Kier molecular flexibility index (Phi) is 3.48. The molecule has 3 nitrogen and oxygen atoms in total. The van der Waals surface area contributed by atoms with Crippen LogP contribution in [0.5, 0.6) is 0 Å². The van der Waals surface area contributed by atoms with Gasteiger partial charge < -0.3 is 15.7 Å². The van der Waals surface area contributed by atoms with E-state index in [0.717, 1.165) is 28.7 Å². The van der Waals surface area contributed by atoms with Gasteiger partial charge in [0.05, 0.1) is 11.3 Å². The van der Waals surface area contributed by atoms with Crippen LogP contribution in [0.25, 0.3) is 0 Å². The Hall–Kier alpha value is -0.580. The summed E-state index contributed by atoms with van der Waals surface area (Å²) >= 11 is 3.58. The molecule has 0 aromatic heterocycles. The van der Waals surface area contributed by atoms with Gasteiger partial charge in [0.1, 0.15) is 0 Å². The Labute approximate surface area is 111 Å². The van der Waals surface area contributed by atoms with Gasteiger partial charge in [0, 0.05) is 23.6 Å². The highest BCUT2D eigenvalue weighted by Gasteiger charge is 2.32. The lowest BCUT2D eigenvalue weighted by Gasteiger charge is -2.22. The molecule has 1 aliphatic rings. The van der Waals surface area contributed by atoms with E-state index in [0.29, 0.717) is 6.54 Å². The summed E-state index contributed by atoms with van der Waals surface area (Å²) in [4.78, 5) is 2.20. The molecular weight excluding hydrogens is 280 g/mol. The molecule has 1 saturated heterocycles. The largest absolute Gasteiger partial charge is 0.388 e. The van der Waals surface area contributed by atoms with Crippen LogP contribution in [-0.4, -0.2) is 23.8 Å². The van der Waals surface area contributed by atoms with Crippen LogP contribution in [0.15, 0.2) is 22.7 Å². The number of hydrogen-bond acceptors (Lipinski definition) is 3. The first-order chi connectivity index (χ1) is 7.89. The highest BCUT2D eigenvalue weighted by molar-refractivity contribution is 9.10. The molecule has 0 radical (unpaired) electrons. The third-order valence-electron chi connectivity index (χ3n) is 3.29. The van der Waals surface area contributed by atoms with Crippen molar-refractivity contribution in [3.63, 3.8) is 0 Å². The summed E-state index contributed by atoms with van der Waals surface area (Å²) in [6, 6.07) is 6.23. The number of β-amino-alcohol motifs (C(OH)–C–C–N with tert-alkyl or cyclic N) is 1. The molecule has 1 unspecified atom stereocenters. The molecule has 1 aromatic carbocycles. The zero-order valence-electron chi connectivity index (χ0n) is 10.3. The third kappa shape index (κ3) is 2.81. The highest BCUT2D eigenvalue weighted by atomic mass is 79.9. The lowest BCUT2D eigenvalue weighted by atomic mass is 10.1. The molecule has 2 atom stereocenters. The van der Waals surface area contributed by atoms with Crippen LogP contribution >= 0.6 is 15.9 Å². The van der Waals surface area contributed by atoms with Crippen molar-refractivity contribution in [3.8, 4) is 0 Å². The molecule has 1 aromatic rings. The highest BCUT2D eigenvalue weighted by Crippen LogP contribution is 2.33. The fourth-order valence-corrected chi connectivity index (χ4v) is 2.86. The second kappa shape index (κ2) is 4.59. The van der Waals surface area contributed by atoms with Crippen LogP contribution in [-0.2, 0) is 0 Å². The van der Waals surface area contributed by atoms with Gasteiger partial charge in [-0.3, -0.25) is 0 Å². The molecule has 0 bridgehead atoms. The van der Waals surface area contributed by atoms with Crippen molar-refractivity contribution < 1.29 is 5.11 Å². The lowest BCUT2D eigenvalue weighted by molar-refractivity contribution is 0.0839. The molecule has 2 rings (SSSR count). The van der Waals surface area contributed by atoms with Crippen molar-refractivity contribution in [1.29, 1.82) is 0 Å². The molecule has 94 valence electrons. The first kappa shape index (κ1) is 12.9. The molecule has 17 heavy (non-hydrogen) atoms. The van der Waals surface area contributed by atoms with Gasteiger partial charge >= 0.3 is 0 Å². The van der Waals surface area contributed by atoms with Gasteiger partial charge in [-0.1, -0.05) is 6.07 Å². The minimum atomic E-state index is -0.570. The normalized spacial score (nSPS) is 26.3. The zero-order valence-corrected chi connectivity index (χ0v) is 11.9. The third-order valence-corrected chi connectivity index (χ3v) is 3.93. The maximum absolute atomic E-state index is 9.98. The minimum Gasteiger partial charge on any atom is -0.388 e. The SMILES string of the molecule is C[C@@H](N)c1ccc(N2CCC(C)(O)C2)c(Br)c1. The molecule has 1 aliphatic heterocycles. The van der Waals surface area contributed by atoms with Gasteiger partial charge in [0.2, 0.25) is 0 Å². The van der Waals surface area contributed by atoms with Gasteiger partial charge in [-0.2, -0.15) is 0 Å². The molecular formula is C13H19BrN2O. The van der Waals surface area contributed by atoms with Crippen LogP contribution in [0.1, 0.15) is 31.9 Å². The van der Waals surface area contributed by atoms with Crippen molar-refractivity contribution in [3.05, 3.63) is 28.2 Å². The van der Waals surface area contributed by atoms with E-state index in [2.05, 4.69) is 39.0 Å². The monoisotopic (exact) mass is 298 g/mol. The van der Waals surface area contributed by atoms with E-state index in [4.69, 9.17) is 5.73 Å². The van der Waals surface area contributed by atoms with Crippen molar-refractivity contribution in [2.75, 3.05) is 18.0 Å². The number of benzene rings is 1. The Morgan fingerprint density at radius 3 is 2.71 bits per heavy atom. The van der Waals surface area contributed by atoms with Gasteiger partial charge in [-0.05, 0) is 53.9 Å². The number of anilines is 1. The molecule has 0 amide bonds. The smallest absolute Gasteiger partial charge is 0.0810 e. The summed E-state index contributed by atoms with van der Waals surface area (Å²) in [6.45, 7) is 5.44. The lowest BCUT2D eigenvalue weighted by Crippen LogP contribution is -2.29. The summed E-state index contributed by atoms with van der Waals surface area (Å²) in [6.07, 6.45) is 0.814. The second-order valence-corrected chi connectivity index (χ2v) is 6.02. The maximum Gasteiger partial charge on any atom is 0.0810 e. The topological polar surface area (TPSA) is 49.5 Å². The quantitative estimate of drug-likeness (QED) is 0.882. The van der Waals surface area contributed by atoms with E-state index < -0.39 is 5.60 Å². The Morgan fingerprint density at radius 2 is 2.24 bits per heavy atom. The summed E-state index contributed by atoms with van der Waals surface area (Å²) in [5.74, 6) is 0. The molecule has 0 saturated carbocycles. The fraction of sp³-hybridized carbons (Fsp3) is 0.538. The fourth-order valence-electron chi connectivity index (χ4n) is 2.21. The second-order valence-electron chi connectivity index (χ2n) is 5.17. The van der Waals surface area contributed by atoms with Crippen molar-refractivity contribution in [1.82, 2.24) is 0 Å². The van der Waals surface area contributed by atoms with Crippen molar-refractivity contribution in [2.24, 2.45) is 5.73 Å². The Bertz CT molecular complexity index is 418. The number of halogens is 1. The average Bonchev–Trinajstić information content (AvgIpc) is 2.58. The van der Waals surface area contributed by atoms with Crippen LogP contribution in [0.4, 0.5) is 5.69 Å². The van der Waals surface area contributed by atoms with E-state index in [-0.39, 0.29) is 6.04 Å². The van der Waals surface area contributed by atoms with Crippen molar-refractivity contribution >= 4 is 21.6 Å². The van der Waals surface area contributed by atoms with Crippen LogP contribution in [0.3, 0.4) is 0 Å². The number of rotatable bonds is 2. The van der Waals surface area contributed by atoms with E-state index in [9.17, 15) is 5.11 Å². The van der Waals surface area contributed by atoms with Gasteiger partial charge in [0.15, 0.2) is 0 Å². The number of nitrogens with two attached hydrogens (primary N) is 1. The predicted octanol–water partition coefficient (Wildman–Crippen LogP) is 2.43. The van der Waals surface area contributed by atoms with E-state index >= 15 is 0 Å². The molecule has 1 heterocycles. The van der Waals surface area contributed by atoms with Crippen molar-refractivity contribution in [2.45, 2.75) is 31.9 Å². The Balaban J connectivity index is 2.23. The molecule has 0 spiro atoms. The van der Waals surface area contributed by atoms with Crippen LogP contribution in [0, 0.1) is 0 Å². The first-order valence-electron chi connectivity index (χ1n) is 5.91. The van der Waals surface area contributed by atoms with E-state index in [1.807, 2.05) is 13.8 Å². The van der Waals surface area contributed by atoms with E-state index in [1.165, 1.54) is 0 Å².